The second-order valence-electron chi connectivity index (χ2n) is 4.17. The van der Waals surface area contributed by atoms with Crippen molar-refractivity contribution in [1.82, 2.24) is 4.98 Å². The normalized spacial score (nSPS) is 11.5. The fourth-order valence-electron chi connectivity index (χ4n) is 1.96. The van der Waals surface area contributed by atoms with Gasteiger partial charge in [0.2, 0.25) is 5.89 Å². The van der Waals surface area contributed by atoms with Crippen molar-refractivity contribution in [3.05, 3.63) is 90.1 Å². The van der Waals surface area contributed by atoms with Crippen molar-refractivity contribution in [1.29, 1.82) is 0 Å². The highest BCUT2D eigenvalue weighted by Crippen LogP contribution is 2.24. The van der Waals surface area contributed by atoms with Crippen molar-refractivity contribution in [2.75, 3.05) is 0 Å². The molecule has 0 N–H and O–H groups in total. The van der Waals surface area contributed by atoms with Crippen LogP contribution in [0.3, 0.4) is 0 Å². The van der Waals surface area contributed by atoms with Crippen LogP contribution in [0.15, 0.2) is 77.5 Å². The van der Waals surface area contributed by atoms with Crippen molar-refractivity contribution < 1.29 is 4.42 Å². The lowest BCUT2D eigenvalue weighted by molar-refractivity contribution is 0.543. The van der Waals surface area contributed by atoms with E-state index in [9.17, 15) is 0 Å². The lowest BCUT2D eigenvalue weighted by Gasteiger charge is -2.04. The lowest BCUT2D eigenvalue weighted by Crippen LogP contribution is -1.88. The molecule has 2 aromatic carbocycles. The van der Waals surface area contributed by atoms with E-state index in [0.29, 0.717) is 5.89 Å². The van der Waals surface area contributed by atoms with E-state index in [2.05, 4.69) is 35.3 Å². The largest absolute Gasteiger partial charge is 0.445 e. The van der Waals surface area contributed by atoms with Crippen molar-refractivity contribution in [3.8, 4) is 0 Å². The van der Waals surface area contributed by atoms with Gasteiger partial charge in [0.1, 0.15) is 6.26 Å². The average Bonchev–Trinajstić information content (AvgIpc) is 3.01. The highest BCUT2D eigenvalue weighted by molar-refractivity contribution is 5.88. The first kappa shape index (κ1) is 11.5. The number of rotatable bonds is 3. The predicted octanol–water partition coefficient (Wildman–Crippen LogP) is 4.26. The Kier molecular flexibility index (Phi) is 3.24. The van der Waals surface area contributed by atoms with Gasteiger partial charge in [-0.2, -0.15) is 0 Å². The standard InChI is InChI=1S/C17H13NO/c1-3-7-14(8-4-1)13-16(17-18-11-12-19-17)15-9-5-2-6-10-15/h1-13H. The van der Waals surface area contributed by atoms with Crippen molar-refractivity contribution in [2.45, 2.75) is 0 Å². The second kappa shape index (κ2) is 5.36. The maximum absolute atomic E-state index is 5.44. The Morgan fingerprint density at radius 1 is 0.895 bits per heavy atom. The number of benzene rings is 2. The number of aromatic nitrogens is 1. The third-order valence-corrected chi connectivity index (χ3v) is 2.86. The third-order valence-electron chi connectivity index (χ3n) is 2.86. The monoisotopic (exact) mass is 247 g/mol. The Labute approximate surface area is 112 Å². The summed E-state index contributed by atoms with van der Waals surface area (Å²) in [5, 5.41) is 0. The van der Waals surface area contributed by atoms with Gasteiger partial charge in [-0.15, -0.1) is 0 Å². The van der Waals surface area contributed by atoms with Crippen LogP contribution < -0.4 is 0 Å². The number of oxazole rings is 1. The smallest absolute Gasteiger partial charge is 0.226 e. The summed E-state index contributed by atoms with van der Waals surface area (Å²) in [6.07, 6.45) is 5.34. The van der Waals surface area contributed by atoms with Crippen molar-refractivity contribution in [3.63, 3.8) is 0 Å². The number of nitrogens with zero attached hydrogens (tertiary/aromatic N) is 1. The van der Waals surface area contributed by atoms with E-state index >= 15 is 0 Å². The van der Waals surface area contributed by atoms with Gasteiger partial charge in [0.05, 0.1) is 6.20 Å². The average molecular weight is 247 g/mol. The Bertz CT molecular complexity index is 655. The zero-order chi connectivity index (χ0) is 12.9. The van der Waals surface area contributed by atoms with Crippen LogP contribution in [0.4, 0.5) is 0 Å². The van der Waals surface area contributed by atoms with Crippen LogP contribution in [0.1, 0.15) is 17.0 Å². The van der Waals surface area contributed by atoms with Gasteiger partial charge < -0.3 is 4.42 Å². The molecular formula is C17H13NO. The minimum absolute atomic E-state index is 0.634. The van der Waals surface area contributed by atoms with E-state index in [0.717, 1.165) is 16.7 Å². The fraction of sp³-hybridized carbons (Fsp3) is 0. The summed E-state index contributed by atoms with van der Waals surface area (Å²) >= 11 is 0. The molecule has 0 radical (unpaired) electrons. The molecule has 0 aliphatic rings. The van der Waals surface area contributed by atoms with Crippen LogP contribution >= 0.6 is 0 Å². The van der Waals surface area contributed by atoms with Gasteiger partial charge in [-0.05, 0) is 17.2 Å². The van der Waals surface area contributed by atoms with Gasteiger partial charge in [0.25, 0.3) is 0 Å². The second-order valence-corrected chi connectivity index (χ2v) is 4.17. The van der Waals surface area contributed by atoms with E-state index < -0.39 is 0 Å². The summed E-state index contributed by atoms with van der Waals surface area (Å²) in [5.74, 6) is 0.634. The van der Waals surface area contributed by atoms with E-state index in [1.54, 1.807) is 12.5 Å². The molecule has 0 aliphatic carbocycles. The summed E-state index contributed by atoms with van der Waals surface area (Å²) < 4.78 is 5.44. The Balaban J connectivity index is 2.10. The molecule has 0 saturated carbocycles. The van der Waals surface area contributed by atoms with Crippen molar-refractivity contribution in [2.24, 2.45) is 0 Å². The van der Waals surface area contributed by atoms with Crippen molar-refractivity contribution >= 4 is 11.6 Å². The molecule has 0 aliphatic heterocycles. The molecule has 1 aromatic heterocycles. The number of hydrogen-bond acceptors (Lipinski definition) is 2. The Morgan fingerprint density at radius 2 is 1.58 bits per heavy atom. The van der Waals surface area contributed by atoms with E-state index in [1.165, 1.54) is 0 Å². The molecule has 0 spiro atoms. The van der Waals surface area contributed by atoms with Gasteiger partial charge in [-0.25, -0.2) is 4.98 Å². The van der Waals surface area contributed by atoms with Crippen LogP contribution in [-0.2, 0) is 0 Å². The summed E-state index contributed by atoms with van der Waals surface area (Å²) in [5.41, 5.74) is 3.20. The van der Waals surface area contributed by atoms with Crippen LogP contribution in [0.2, 0.25) is 0 Å². The highest BCUT2D eigenvalue weighted by atomic mass is 16.3. The molecule has 0 bridgehead atoms. The maximum atomic E-state index is 5.44. The Morgan fingerprint density at radius 3 is 2.21 bits per heavy atom. The molecule has 0 atom stereocenters. The molecule has 2 heteroatoms. The van der Waals surface area contributed by atoms with E-state index in [1.807, 2.05) is 36.4 Å². The molecule has 0 amide bonds. The molecule has 19 heavy (non-hydrogen) atoms. The van der Waals surface area contributed by atoms with Gasteiger partial charge in [0.15, 0.2) is 0 Å². The molecule has 3 aromatic rings. The van der Waals surface area contributed by atoms with Gasteiger partial charge in [-0.1, -0.05) is 60.7 Å². The predicted molar refractivity (Wildman–Crippen MR) is 76.4 cm³/mol. The minimum atomic E-state index is 0.634. The van der Waals surface area contributed by atoms with Crippen LogP contribution in [0.25, 0.3) is 11.6 Å². The molecule has 3 rings (SSSR count). The molecule has 92 valence electrons. The first-order chi connectivity index (χ1) is 9.43. The number of hydrogen-bond donors (Lipinski definition) is 0. The molecular weight excluding hydrogens is 234 g/mol. The molecule has 2 nitrogen and oxygen atoms in total. The third kappa shape index (κ3) is 2.63. The van der Waals surface area contributed by atoms with Crippen LogP contribution in [0, 0.1) is 0 Å². The fourth-order valence-corrected chi connectivity index (χ4v) is 1.96. The van der Waals surface area contributed by atoms with Gasteiger partial charge in [0, 0.05) is 5.57 Å². The summed E-state index contributed by atoms with van der Waals surface area (Å²) in [7, 11) is 0. The zero-order valence-corrected chi connectivity index (χ0v) is 10.4. The molecule has 0 saturated heterocycles. The Hall–Kier alpha value is -2.61. The molecule has 0 fully saturated rings. The molecule has 1 heterocycles. The van der Waals surface area contributed by atoms with E-state index in [4.69, 9.17) is 4.42 Å². The first-order valence-electron chi connectivity index (χ1n) is 6.15. The maximum Gasteiger partial charge on any atom is 0.226 e. The van der Waals surface area contributed by atoms with Gasteiger partial charge >= 0.3 is 0 Å². The lowest BCUT2D eigenvalue weighted by atomic mass is 10.0. The van der Waals surface area contributed by atoms with Crippen LogP contribution in [0.5, 0.6) is 0 Å². The first-order valence-corrected chi connectivity index (χ1v) is 6.15. The summed E-state index contributed by atoms with van der Waals surface area (Å²) in [4.78, 5) is 4.25. The topological polar surface area (TPSA) is 26.0 Å². The SMILES string of the molecule is C(=C(c1ccccc1)c1ncco1)c1ccccc1. The minimum Gasteiger partial charge on any atom is -0.445 e. The van der Waals surface area contributed by atoms with Gasteiger partial charge in [-0.3, -0.25) is 0 Å². The highest BCUT2D eigenvalue weighted by Gasteiger charge is 2.08. The molecule has 0 unspecified atom stereocenters. The zero-order valence-electron chi connectivity index (χ0n) is 10.4. The van der Waals surface area contributed by atoms with Crippen LogP contribution in [-0.4, -0.2) is 4.98 Å². The summed E-state index contributed by atoms with van der Waals surface area (Å²) in [6, 6.07) is 20.3. The quantitative estimate of drug-likeness (QED) is 0.646. The van der Waals surface area contributed by atoms with E-state index in [-0.39, 0.29) is 0 Å². The summed E-state index contributed by atoms with van der Waals surface area (Å²) in [6.45, 7) is 0.